The summed E-state index contributed by atoms with van der Waals surface area (Å²) < 4.78 is 0. The zero-order chi connectivity index (χ0) is 14.0. The Bertz CT molecular complexity index is 515. The van der Waals surface area contributed by atoms with E-state index < -0.39 is 0 Å². The van der Waals surface area contributed by atoms with Gasteiger partial charge in [0.1, 0.15) is 6.54 Å². The number of nitrogen functional groups attached to an aromatic ring is 1. The standard InChI is InChI=1S/C13H18N4O2/c1-9-3-4-10(7-11(9)14)15-12(18)8-17-6-5-16(2)13(17)19/h3-4,7H,5-6,8,14H2,1-2H3,(H,15,18). The second-order valence-corrected chi connectivity index (χ2v) is 4.75. The number of nitrogens with zero attached hydrogens (tertiary/aromatic N) is 2. The lowest BCUT2D eigenvalue weighted by Crippen LogP contribution is -2.36. The van der Waals surface area contributed by atoms with Crippen molar-refractivity contribution in [3.63, 3.8) is 0 Å². The van der Waals surface area contributed by atoms with Gasteiger partial charge in [-0.1, -0.05) is 6.07 Å². The fraction of sp³-hybridized carbons (Fsp3) is 0.385. The summed E-state index contributed by atoms with van der Waals surface area (Å²) in [5, 5.41) is 2.74. The molecule has 6 nitrogen and oxygen atoms in total. The largest absolute Gasteiger partial charge is 0.398 e. The Kier molecular flexibility index (Phi) is 3.59. The second kappa shape index (κ2) is 5.17. The number of benzene rings is 1. The summed E-state index contributed by atoms with van der Waals surface area (Å²) in [5.41, 5.74) is 8.03. The quantitative estimate of drug-likeness (QED) is 0.794. The highest BCUT2D eigenvalue weighted by atomic mass is 16.2. The van der Waals surface area contributed by atoms with Gasteiger partial charge in [0.25, 0.3) is 0 Å². The van der Waals surface area contributed by atoms with Crippen molar-refractivity contribution in [2.75, 3.05) is 37.7 Å². The van der Waals surface area contributed by atoms with Crippen molar-refractivity contribution in [3.05, 3.63) is 23.8 Å². The number of amides is 3. The first-order chi connectivity index (χ1) is 8.97. The maximum absolute atomic E-state index is 11.9. The van der Waals surface area contributed by atoms with E-state index in [1.165, 1.54) is 4.90 Å². The van der Waals surface area contributed by atoms with Gasteiger partial charge in [-0.15, -0.1) is 0 Å². The van der Waals surface area contributed by atoms with Crippen LogP contribution in [0.4, 0.5) is 16.2 Å². The first kappa shape index (κ1) is 13.2. The summed E-state index contributed by atoms with van der Waals surface area (Å²) in [6, 6.07) is 5.24. The van der Waals surface area contributed by atoms with E-state index in [0.717, 1.165) is 5.56 Å². The minimum Gasteiger partial charge on any atom is -0.398 e. The molecule has 1 aromatic rings. The Morgan fingerprint density at radius 3 is 2.74 bits per heavy atom. The number of carbonyl (C=O) groups is 2. The molecule has 0 atom stereocenters. The van der Waals surface area contributed by atoms with Crippen LogP contribution in [-0.2, 0) is 4.79 Å². The Morgan fingerprint density at radius 2 is 2.16 bits per heavy atom. The van der Waals surface area contributed by atoms with Crippen molar-refractivity contribution >= 4 is 23.3 Å². The van der Waals surface area contributed by atoms with E-state index in [1.54, 1.807) is 24.1 Å². The van der Waals surface area contributed by atoms with E-state index in [1.807, 2.05) is 13.0 Å². The van der Waals surface area contributed by atoms with Crippen LogP contribution in [0.1, 0.15) is 5.56 Å². The fourth-order valence-corrected chi connectivity index (χ4v) is 1.94. The number of anilines is 2. The Labute approximate surface area is 112 Å². The molecule has 2 rings (SSSR count). The highest BCUT2D eigenvalue weighted by molar-refractivity contribution is 5.95. The SMILES string of the molecule is Cc1ccc(NC(=O)CN2CCN(C)C2=O)cc1N. The van der Waals surface area contributed by atoms with Gasteiger partial charge < -0.3 is 20.9 Å². The van der Waals surface area contributed by atoms with Gasteiger partial charge in [-0.25, -0.2) is 4.79 Å². The molecule has 3 N–H and O–H groups in total. The van der Waals surface area contributed by atoms with Crippen LogP contribution in [0.3, 0.4) is 0 Å². The summed E-state index contributed by atoms with van der Waals surface area (Å²) in [6.45, 7) is 3.21. The number of nitrogens with two attached hydrogens (primary N) is 1. The lowest BCUT2D eigenvalue weighted by atomic mass is 10.2. The number of urea groups is 1. The molecule has 0 bridgehead atoms. The van der Waals surface area contributed by atoms with Crippen molar-refractivity contribution in [2.24, 2.45) is 0 Å². The van der Waals surface area contributed by atoms with Gasteiger partial charge >= 0.3 is 6.03 Å². The summed E-state index contributed by atoms with van der Waals surface area (Å²) in [5.74, 6) is -0.216. The smallest absolute Gasteiger partial charge is 0.320 e. The Hall–Kier alpha value is -2.24. The van der Waals surface area contributed by atoms with Crippen LogP contribution in [-0.4, -0.2) is 48.4 Å². The highest BCUT2D eigenvalue weighted by Crippen LogP contribution is 2.17. The minimum absolute atomic E-state index is 0.0664. The molecular weight excluding hydrogens is 244 g/mol. The first-order valence-electron chi connectivity index (χ1n) is 6.13. The molecule has 102 valence electrons. The van der Waals surface area contributed by atoms with Crippen LogP contribution in [0.15, 0.2) is 18.2 Å². The average molecular weight is 262 g/mol. The number of hydrogen-bond donors (Lipinski definition) is 2. The molecule has 1 aromatic carbocycles. The van der Waals surface area contributed by atoms with Gasteiger partial charge in [-0.2, -0.15) is 0 Å². The molecule has 6 heteroatoms. The van der Waals surface area contributed by atoms with E-state index >= 15 is 0 Å². The average Bonchev–Trinajstić information content (AvgIpc) is 2.66. The van der Waals surface area contributed by atoms with Crippen LogP contribution < -0.4 is 11.1 Å². The zero-order valence-corrected chi connectivity index (χ0v) is 11.1. The molecule has 0 aliphatic carbocycles. The van der Waals surface area contributed by atoms with E-state index in [9.17, 15) is 9.59 Å². The monoisotopic (exact) mass is 262 g/mol. The van der Waals surface area contributed by atoms with Crippen LogP contribution in [0.5, 0.6) is 0 Å². The third-order valence-electron chi connectivity index (χ3n) is 3.20. The highest BCUT2D eigenvalue weighted by Gasteiger charge is 2.26. The number of hydrogen-bond acceptors (Lipinski definition) is 3. The van der Waals surface area contributed by atoms with Gasteiger partial charge in [0.2, 0.25) is 5.91 Å². The van der Waals surface area contributed by atoms with Gasteiger partial charge in [0.05, 0.1) is 0 Å². The second-order valence-electron chi connectivity index (χ2n) is 4.75. The Balaban J connectivity index is 1.94. The van der Waals surface area contributed by atoms with Crippen LogP contribution in [0.2, 0.25) is 0 Å². The molecule has 1 heterocycles. The third-order valence-corrected chi connectivity index (χ3v) is 3.20. The maximum Gasteiger partial charge on any atom is 0.320 e. The number of aryl methyl sites for hydroxylation is 1. The zero-order valence-electron chi connectivity index (χ0n) is 11.1. The topological polar surface area (TPSA) is 78.7 Å². The van der Waals surface area contributed by atoms with E-state index in [4.69, 9.17) is 5.73 Å². The fourth-order valence-electron chi connectivity index (χ4n) is 1.94. The molecule has 0 spiro atoms. The van der Waals surface area contributed by atoms with E-state index in [-0.39, 0.29) is 18.5 Å². The molecular formula is C13H18N4O2. The van der Waals surface area contributed by atoms with Crippen LogP contribution >= 0.6 is 0 Å². The lowest BCUT2D eigenvalue weighted by Gasteiger charge is -2.15. The molecule has 0 saturated carbocycles. The third kappa shape index (κ3) is 2.96. The van der Waals surface area contributed by atoms with E-state index in [2.05, 4.69) is 5.32 Å². The van der Waals surface area contributed by atoms with Gasteiger partial charge in [0, 0.05) is 31.5 Å². The molecule has 1 fully saturated rings. The van der Waals surface area contributed by atoms with Gasteiger partial charge in [-0.05, 0) is 24.6 Å². The molecule has 1 aliphatic heterocycles. The van der Waals surface area contributed by atoms with Crippen molar-refractivity contribution in [2.45, 2.75) is 6.92 Å². The van der Waals surface area contributed by atoms with Crippen molar-refractivity contribution < 1.29 is 9.59 Å². The number of rotatable bonds is 3. The number of carbonyl (C=O) groups excluding carboxylic acids is 2. The molecule has 1 saturated heterocycles. The maximum atomic E-state index is 11.9. The van der Waals surface area contributed by atoms with Crippen LogP contribution in [0, 0.1) is 6.92 Å². The van der Waals surface area contributed by atoms with Gasteiger partial charge in [-0.3, -0.25) is 4.79 Å². The Morgan fingerprint density at radius 1 is 1.42 bits per heavy atom. The predicted octanol–water partition coefficient (Wildman–Crippen LogP) is 0.883. The minimum atomic E-state index is -0.216. The lowest BCUT2D eigenvalue weighted by molar-refractivity contribution is -0.116. The molecule has 0 radical (unpaired) electrons. The normalized spacial score (nSPS) is 14.9. The summed E-state index contributed by atoms with van der Waals surface area (Å²) in [6.07, 6.45) is 0. The molecule has 19 heavy (non-hydrogen) atoms. The van der Waals surface area contributed by atoms with E-state index in [0.29, 0.717) is 24.5 Å². The summed E-state index contributed by atoms with van der Waals surface area (Å²) >= 11 is 0. The number of likely N-dealkylation sites (N-methyl/N-ethyl adjacent to an activating group) is 1. The van der Waals surface area contributed by atoms with Gasteiger partial charge in [0.15, 0.2) is 0 Å². The predicted molar refractivity (Wildman–Crippen MR) is 73.8 cm³/mol. The molecule has 1 aliphatic rings. The molecule has 0 unspecified atom stereocenters. The first-order valence-corrected chi connectivity index (χ1v) is 6.13. The van der Waals surface area contributed by atoms with Crippen LogP contribution in [0.25, 0.3) is 0 Å². The van der Waals surface area contributed by atoms with Crippen molar-refractivity contribution in [1.82, 2.24) is 9.80 Å². The van der Waals surface area contributed by atoms with Crippen molar-refractivity contribution in [3.8, 4) is 0 Å². The molecule has 3 amide bonds. The van der Waals surface area contributed by atoms with Crippen molar-refractivity contribution in [1.29, 1.82) is 0 Å². The number of nitrogens with one attached hydrogen (secondary N) is 1. The summed E-state index contributed by atoms with van der Waals surface area (Å²) in [7, 11) is 1.72. The summed E-state index contributed by atoms with van der Waals surface area (Å²) in [4.78, 5) is 26.6. The molecule has 0 aromatic heterocycles.